The summed E-state index contributed by atoms with van der Waals surface area (Å²) >= 11 is 1.15. The zero-order valence-electron chi connectivity index (χ0n) is 13.9. The van der Waals surface area contributed by atoms with Crippen molar-refractivity contribution >= 4 is 23.4 Å². The van der Waals surface area contributed by atoms with Crippen LogP contribution in [0.2, 0.25) is 0 Å². The van der Waals surface area contributed by atoms with Crippen molar-refractivity contribution < 1.29 is 9.72 Å². The molecular weight excluding hydrogens is 344 g/mol. The maximum atomic E-state index is 12.7. The lowest BCUT2D eigenvalue weighted by Crippen LogP contribution is -2.52. The largest absolute Gasteiger partial charge is 0.333 e. The summed E-state index contributed by atoms with van der Waals surface area (Å²) in [7, 11) is 1.76. The number of nitro benzene ring substituents is 1. The van der Waals surface area contributed by atoms with Gasteiger partial charge < -0.3 is 14.8 Å². The standard InChI is InChI=1S/C15H18N6O3S/c1-10-8-16-5-6-20(10)14(22)11-3-4-13(12(7-11)21(23)24)25-15-18-17-9-19(15)2/h3-4,7,9-10,16H,5-6,8H2,1-2H3/t10-/m0/s1. The van der Waals surface area contributed by atoms with Crippen LogP contribution in [0.4, 0.5) is 5.69 Å². The molecule has 0 radical (unpaired) electrons. The highest BCUT2D eigenvalue weighted by Crippen LogP contribution is 2.34. The van der Waals surface area contributed by atoms with E-state index >= 15 is 0 Å². The predicted octanol–water partition coefficient (Wildman–Crippen LogP) is 1.31. The quantitative estimate of drug-likeness (QED) is 0.645. The number of rotatable bonds is 4. The molecule has 1 aliphatic rings. The van der Waals surface area contributed by atoms with Crippen LogP contribution in [0.1, 0.15) is 17.3 Å². The number of carbonyl (C=O) groups excluding carboxylic acids is 1. The minimum atomic E-state index is -0.476. The smallest absolute Gasteiger partial charge is 0.284 e. The second-order valence-corrected chi connectivity index (χ2v) is 6.83. The Morgan fingerprint density at radius 1 is 1.48 bits per heavy atom. The van der Waals surface area contributed by atoms with E-state index < -0.39 is 4.92 Å². The van der Waals surface area contributed by atoms with Gasteiger partial charge in [0.2, 0.25) is 0 Å². The molecule has 25 heavy (non-hydrogen) atoms. The lowest BCUT2D eigenvalue weighted by molar-refractivity contribution is -0.387. The van der Waals surface area contributed by atoms with Crippen LogP contribution in [0.3, 0.4) is 0 Å². The monoisotopic (exact) mass is 362 g/mol. The summed E-state index contributed by atoms with van der Waals surface area (Å²) in [6.07, 6.45) is 1.53. The Labute approximate surface area is 148 Å². The van der Waals surface area contributed by atoms with E-state index in [2.05, 4.69) is 15.5 Å². The Morgan fingerprint density at radius 3 is 2.92 bits per heavy atom. The third-order valence-corrected chi connectivity index (χ3v) is 5.15. The number of hydrogen-bond donors (Lipinski definition) is 1. The van der Waals surface area contributed by atoms with E-state index in [4.69, 9.17) is 0 Å². The molecule has 0 unspecified atom stereocenters. The number of hydrogen-bond acceptors (Lipinski definition) is 7. The molecule has 1 fully saturated rings. The molecule has 2 heterocycles. The average molecular weight is 362 g/mol. The number of nitrogens with zero attached hydrogens (tertiary/aromatic N) is 5. The Bertz CT molecular complexity index is 808. The van der Waals surface area contributed by atoms with Crippen LogP contribution < -0.4 is 5.32 Å². The number of amides is 1. The van der Waals surface area contributed by atoms with E-state index in [0.717, 1.165) is 18.3 Å². The first-order chi connectivity index (χ1) is 12.0. The Kier molecular flexibility index (Phi) is 5.00. The molecule has 0 bridgehead atoms. The summed E-state index contributed by atoms with van der Waals surface area (Å²) < 4.78 is 1.68. The van der Waals surface area contributed by atoms with Gasteiger partial charge in [0, 0.05) is 44.4 Å². The van der Waals surface area contributed by atoms with Gasteiger partial charge in [0.05, 0.1) is 9.82 Å². The summed E-state index contributed by atoms with van der Waals surface area (Å²) in [6, 6.07) is 4.61. The lowest BCUT2D eigenvalue weighted by atomic mass is 10.1. The van der Waals surface area contributed by atoms with Gasteiger partial charge in [-0.3, -0.25) is 14.9 Å². The van der Waals surface area contributed by atoms with Crippen molar-refractivity contribution in [3.05, 3.63) is 40.2 Å². The molecule has 1 aromatic carbocycles. The first kappa shape index (κ1) is 17.4. The van der Waals surface area contributed by atoms with Crippen molar-refractivity contribution in [3.63, 3.8) is 0 Å². The van der Waals surface area contributed by atoms with Crippen LogP contribution >= 0.6 is 11.8 Å². The normalized spacial score (nSPS) is 17.5. The summed E-state index contributed by atoms with van der Waals surface area (Å²) in [6.45, 7) is 3.98. The molecule has 1 atom stereocenters. The molecule has 2 aromatic rings. The molecule has 1 aromatic heterocycles. The zero-order chi connectivity index (χ0) is 18.0. The average Bonchev–Trinajstić information content (AvgIpc) is 3.00. The van der Waals surface area contributed by atoms with Crippen molar-refractivity contribution in [1.29, 1.82) is 0 Å². The zero-order valence-corrected chi connectivity index (χ0v) is 14.7. The third kappa shape index (κ3) is 3.64. The molecule has 1 N–H and O–H groups in total. The summed E-state index contributed by atoms with van der Waals surface area (Å²) in [5.41, 5.74) is 0.212. The first-order valence-corrected chi connectivity index (χ1v) is 8.61. The second kappa shape index (κ2) is 7.19. The number of piperazine rings is 1. The molecule has 0 saturated carbocycles. The summed E-state index contributed by atoms with van der Waals surface area (Å²) in [5.74, 6) is -0.188. The van der Waals surface area contributed by atoms with E-state index in [9.17, 15) is 14.9 Å². The maximum absolute atomic E-state index is 12.7. The topological polar surface area (TPSA) is 106 Å². The maximum Gasteiger partial charge on any atom is 0.284 e. The van der Waals surface area contributed by atoms with Crippen molar-refractivity contribution in [1.82, 2.24) is 25.0 Å². The Hall–Kier alpha value is -2.46. The molecule has 0 aliphatic carbocycles. The highest BCUT2D eigenvalue weighted by molar-refractivity contribution is 7.99. The molecule has 0 spiro atoms. The van der Waals surface area contributed by atoms with E-state index in [1.54, 1.807) is 28.6 Å². The van der Waals surface area contributed by atoms with Gasteiger partial charge in [-0.05, 0) is 30.8 Å². The van der Waals surface area contributed by atoms with E-state index in [0.29, 0.717) is 28.7 Å². The number of aromatic nitrogens is 3. The van der Waals surface area contributed by atoms with Crippen LogP contribution in [0.15, 0.2) is 34.6 Å². The Morgan fingerprint density at radius 2 is 2.28 bits per heavy atom. The predicted molar refractivity (Wildman–Crippen MR) is 91.6 cm³/mol. The van der Waals surface area contributed by atoms with Gasteiger partial charge in [-0.25, -0.2) is 0 Å². The van der Waals surface area contributed by atoms with Crippen LogP contribution in [0, 0.1) is 10.1 Å². The molecular formula is C15H18N6O3S. The van der Waals surface area contributed by atoms with Crippen molar-refractivity contribution in [2.24, 2.45) is 7.05 Å². The molecule has 10 heteroatoms. The van der Waals surface area contributed by atoms with Crippen molar-refractivity contribution in [2.75, 3.05) is 19.6 Å². The van der Waals surface area contributed by atoms with Gasteiger partial charge in [0.1, 0.15) is 6.33 Å². The van der Waals surface area contributed by atoms with Gasteiger partial charge in [0.25, 0.3) is 11.6 Å². The highest BCUT2D eigenvalue weighted by atomic mass is 32.2. The van der Waals surface area contributed by atoms with Gasteiger partial charge in [-0.2, -0.15) is 0 Å². The fourth-order valence-corrected chi connectivity index (χ4v) is 3.50. The van der Waals surface area contributed by atoms with Crippen molar-refractivity contribution in [2.45, 2.75) is 23.0 Å². The SMILES string of the molecule is C[C@H]1CNCCN1C(=O)c1ccc(Sc2nncn2C)c([N+](=O)[O-])c1. The fraction of sp³-hybridized carbons (Fsp3) is 0.400. The van der Waals surface area contributed by atoms with E-state index in [1.165, 1.54) is 12.4 Å². The minimum Gasteiger partial charge on any atom is -0.333 e. The van der Waals surface area contributed by atoms with Crippen LogP contribution in [-0.2, 0) is 7.05 Å². The minimum absolute atomic E-state index is 0.0491. The Balaban J connectivity index is 1.89. The number of nitrogens with one attached hydrogen (secondary N) is 1. The van der Waals surface area contributed by atoms with Crippen LogP contribution in [0.25, 0.3) is 0 Å². The second-order valence-electron chi connectivity index (χ2n) is 5.82. The van der Waals surface area contributed by atoms with Crippen LogP contribution in [-0.4, -0.2) is 56.2 Å². The molecule has 1 aliphatic heterocycles. The van der Waals surface area contributed by atoms with E-state index in [1.807, 2.05) is 6.92 Å². The van der Waals surface area contributed by atoms with E-state index in [-0.39, 0.29) is 17.6 Å². The van der Waals surface area contributed by atoms with Crippen molar-refractivity contribution in [3.8, 4) is 0 Å². The highest BCUT2D eigenvalue weighted by Gasteiger charge is 2.26. The van der Waals surface area contributed by atoms with Gasteiger partial charge in [-0.1, -0.05) is 0 Å². The summed E-state index contributed by atoms with van der Waals surface area (Å²) in [5, 5.41) is 22.9. The fourth-order valence-electron chi connectivity index (χ4n) is 2.65. The first-order valence-electron chi connectivity index (χ1n) is 7.79. The van der Waals surface area contributed by atoms with Gasteiger partial charge >= 0.3 is 0 Å². The van der Waals surface area contributed by atoms with Crippen LogP contribution in [0.5, 0.6) is 0 Å². The molecule has 3 rings (SSSR count). The molecule has 1 amide bonds. The number of nitro groups is 1. The molecule has 132 valence electrons. The lowest BCUT2D eigenvalue weighted by Gasteiger charge is -2.34. The molecule has 9 nitrogen and oxygen atoms in total. The number of benzene rings is 1. The number of aryl methyl sites for hydroxylation is 1. The summed E-state index contributed by atoms with van der Waals surface area (Å²) in [4.78, 5) is 25.9. The molecule has 1 saturated heterocycles. The van der Waals surface area contributed by atoms with Gasteiger partial charge in [-0.15, -0.1) is 10.2 Å². The third-order valence-electron chi connectivity index (χ3n) is 4.04. The number of carbonyl (C=O) groups is 1. The van der Waals surface area contributed by atoms with Gasteiger partial charge in [0.15, 0.2) is 5.16 Å².